The number of aromatic nitrogens is 1. The van der Waals surface area contributed by atoms with E-state index >= 15 is 0 Å². The summed E-state index contributed by atoms with van der Waals surface area (Å²) >= 11 is 0. The van der Waals surface area contributed by atoms with Gasteiger partial charge in [-0.1, -0.05) is 33.8 Å². The number of hydrogen-bond donors (Lipinski definition) is 3. The molecule has 0 aliphatic heterocycles. The minimum absolute atomic E-state index is 0.111. The number of aliphatic carboxylic acids is 1. The first-order chi connectivity index (χ1) is 11.2. The third-order valence-corrected chi connectivity index (χ3v) is 4.10. The molecule has 1 heterocycles. The maximum Gasteiger partial charge on any atom is 0.320 e. The van der Waals surface area contributed by atoms with Gasteiger partial charge in [0.2, 0.25) is 0 Å². The fourth-order valence-corrected chi connectivity index (χ4v) is 2.59. The Morgan fingerprint density at radius 3 is 2.58 bits per heavy atom. The van der Waals surface area contributed by atoms with E-state index in [4.69, 9.17) is 0 Å². The number of rotatable bonds is 10. The van der Waals surface area contributed by atoms with E-state index in [2.05, 4.69) is 36.4 Å². The minimum atomic E-state index is -0.767. The lowest BCUT2D eigenvalue weighted by Gasteiger charge is -2.25. The molecule has 0 saturated heterocycles. The van der Waals surface area contributed by atoms with Crippen LogP contribution in [-0.4, -0.2) is 35.2 Å². The second-order valence-corrected chi connectivity index (χ2v) is 7.79. The number of nitrogens with zero attached hydrogens (tertiary/aromatic N) is 1. The number of nitrogens with one attached hydrogen (secondary N) is 2. The van der Waals surface area contributed by atoms with E-state index < -0.39 is 12.0 Å². The summed E-state index contributed by atoms with van der Waals surface area (Å²) in [5.74, 6) is -0.656. The Morgan fingerprint density at radius 2 is 2.00 bits per heavy atom. The van der Waals surface area contributed by atoms with Gasteiger partial charge in [-0.2, -0.15) is 0 Å². The lowest BCUT2D eigenvalue weighted by atomic mass is 9.85. The van der Waals surface area contributed by atoms with Crippen molar-refractivity contribution in [1.82, 2.24) is 15.6 Å². The van der Waals surface area contributed by atoms with Crippen LogP contribution < -0.4 is 10.6 Å². The van der Waals surface area contributed by atoms with Gasteiger partial charge < -0.3 is 15.7 Å². The van der Waals surface area contributed by atoms with Gasteiger partial charge in [0.05, 0.1) is 5.69 Å². The standard InChI is InChI=1S/C19H33N3O2/c1-14(9-10-19(3,4)5)17(18(23)24)21-12-11-20-13-16-8-6-7-15(2)22-16/h6-8,14,17,20-21H,9-13H2,1-5H3,(H,23,24)/t14-,17-/m0/s1. The van der Waals surface area contributed by atoms with E-state index in [1.54, 1.807) is 0 Å². The van der Waals surface area contributed by atoms with E-state index in [1.807, 2.05) is 32.0 Å². The highest BCUT2D eigenvalue weighted by Gasteiger charge is 2.25. The molecule has 1 rings (SSSR count). The third kappa shape index (κ3) is 8.41. The molecule has 5 nitrogen and oxygen atoms in total. The van der Waals surface area contributed by atoms with Crippen molar-refractivity contribution in [2.75, 3.05) is 13.1 Å². The van der Waals surface area contributed by atoms with Gasteiger partial charge >= 0.3 is 5.97 Å². The third-order valence-electron chi connectivity index (χ3n) is 4.10. The molecule has 0 aromatic carbocycles. The molecule has 5 heteroatoms. The van der Waals surface area contributed by atoms with Crippen LogP contribution >= 0.6 is 0 Å². The van der Waals surface area contributed by atoms with Gasteiger partial charge in [0.15, 0.2) is 0 Å². The fraction of sp³-hybridized carbons (Fsp3) is 0.684. The lowest BCUT2D eigenvalue weighted by molar-refractivity contribution is -0.140. The monoisotopic (exact) mass is 335 g/mol. The summed E-state index contributed by atoms with van der Waals surface area (Å²) in [6.45, 7) is 12.6. The predicted molar refractivity (Wildman–Crippen MR) is 98.0 cm³/mol. The molecular weight excluding hydrogens is 302 g/mol. The van der Waals surface area contributed by atoms with Crippen molar-refractivity contribution >= 4 is 5.97 Å². The van der Waals surface area contributed by atoms with E-state index in [-0.39, 0.29) is 11.3 Å². The summed E-state index contributed by atoms with van der Waals surface area (Å²) in [4.78, 5) is 15.9. The van der Waals surface area contributed by atoms with Crippen LogP contribution in [0.4, 0.5) is 0 Å². The Hall–Kier alpha value is -1.46. The van der Waals surface area contributed by atoms with Crippen LogP contribution in [0.3, 0.4) is 0 Å². The van der Waals surface area contributed by atoms with Gasteiger partial charge in [0.1, 0.15) is 6.04 Å². The summed E-state index contributed by atoms with van der Waals surface area (Å²) in [5.41, 5.74) is 2.24. The molecule has 0 aliphatic carbocycles. The molecule has 0 aliphatic rings. The molecule has 0 saturated carbocycles. The van der Waals surface area contributed by atoms with Gasteiger partial charge in [-0.15, -0.1) is 0 Å². The average molecular weight is 335 g/mol. The van der Waals surface area contributed by atoms with E-state index in [1.165, 1.54) is 0 Å². The SMILES string of the molecule is Cc1cccc(CNCCN[C@H](C(=O)O)[C@@H](C)CCC(C)(C)C)n1. The van der Waals surface area contributed by atoms with Crippen LogP contribution in [-0.2, 0) is 11.3 Å². The first kappa shape index (κ1) is 20.6. The number of carboxylic acid groups (broad SMARTS) is 1. The molecule has 0 fully saturated rings. The molecule has 1 aromatic rings. The number of pyridine rings is 1. The van der Waals surface area contributed by atoms with Crippen molar-refractivity contribution in [3.63, 3.8) is 0 Å². The van der Waals surface area contributed by atoms with Crippen LogP contribution in [0.5, 0.6) is 0 Å². The second-order valence-electron chi connectivity index (χ2n) is 7.79. The molecule has 0 spiro atoms. The van der Waals surface area contributed by atoms with Crippen LogP contribution in [0.1, 0.15) is 51.9 Å². The van der Waals surface area contributed by atoms with Gasteiger partial charge in [-0.3, -0.25) is 9.78 Å². The van der Waals surface area contributed by atoms with Crippen LogP contribution in [0.2, 0.25) is 0 Å². The summed E-state index contributed by atoms with van der Waals surface area (Å²) in [6, 6.07) is 5.46. The molecular formula is C19H33N3O2. The predicted octanol–water partition coefficient (Wildman–Crippen LogP) is 2.98. The Labute approximate surface area is 146 Å². The number of carbonyl (C=O) groups is 1. The summed E-state index contributed by atoms with van der Waals surface area (Å²) in [5, 5.41) is 15.9. The first-order valence-electron chi connectivity index (χ1n) is 8.78. The molecule has 0 amide bonds. The molecule has 0 unspecified atom stereocenters. The van der Waals surface area contributed by atoms with Crippen LogP contribution in [0, 0.1) is 18.3 Å². The molecule has 2 atom stereocenters. The highest BCUT2D eigenvalue weighted by atomic mass is 16.4. The van der Waals surface area contributed by atoms with Gasteiger partial charge in [-0.25, -0.2) is 0 Å². The Balaban J connectivity index is 2.32. The molecule has 3 N–H and O–H groups in total. The van der Waals surface area contributed by atoms with E-state index in [9.17, 15) is 9.90 Å². The molecule has 0 radical (unpaired) electrons. The molecule has 136 valence electrons. The van der Waals surface area contributed by atoms with Crippen molar-refractivity contribution in [1.29, 1.82) is 0 Å². The number of carboxylic acids is 1. The normalized spacial score (nSPS) is 14.4. The zero-order valence-corrected chi connectivity index (χ0v) is 15.7. The molecule has 0 bridgehead atoms. The second kappa shape index (κ2) is 9.74. The topological polar surface area (TPSA) is 74.2 Å². The highest BCUT2D eigenvalue weighted by molar-refractivity contribution is 5.73. The minimum Gasteiger partial charge on any atom is -0.480 e. The Kier molecular flexibility index (Phi) is 8.36. The molecule has 1 aromatic heterocycles. The fourth-order valence-electron chi connectivity index (χ4n) is 2.59. The van der Waals surface area contributed by atoms with Crippen molar-refractivity contribution in [2.45, 2.75) is 60.0 Å². The van der Waals surface area contributed by atoms with E-state index in [0.717, 1.165) is 24.2 Å². The Morgan fingerprint density at radius 1 is 1.29 bits per heavy atom. The number of hydrogen-bond acceptors (Lipinski definition) is 4. The molecule has 24 heavy (non-hydrogen) atoms. The van der Waals surface area contributed by atoms with E-state index in [0.29, 0.717) is 19.6 Å². The smallest absolute Gasteiger partial charge is 0.320 e. The van der Waals surface area contributed by atoms with Crippen LogP contribution in [0.25, 0.3) is 0 Å². The van der Waals surface area contributed by atoms with Crippen molar-refractivity contribution in [3.05, 3.63) is 29.6 Å². The highest BCUT2D eigenvalue weighted by Crippen LogP contribution is 2.24. The zero-order valence-electron chi connectivity index (χ0n) is 15.7. The van der Waals surface area contributed by atoms with Gasteiger partial charge in [0.25, 0.3) is 0 Å². The summed E-state index contributed by atoms with van der Waals surface area (Å²) < 4.78 is 0. The lowest BCUT2D eigenvalue weighted by Crippen LogP contribution is -2.44. The Bertz CT molecular complexity index is 512. The van der Waals surface area contributed by atoms with Crippen molar-refractivity contribution < 1.29 is 9.90 Å². The maximum atomic E-state index is 11.5. The van der Waals surface area contributed by atoms with Crippen molar-refractivity contribution in [2.24, 2.45) is 11.3 Å². The summed E-state index contributed by atoms with van der Waals surface area (Å²) in [7, 11) is 0. The number of aryl methyl sites for hydroxylation is 1. The quantitative estimate of drug-likeness (QED) is 0.573. The van der Waals surface area contributed by atoms with Crippen molar-refractivity contribution in [3.8, 4) is 0 Å². The largest absolute Gasteiger partial charge is 0.480 e. The maximum absolute atomic E-state index is 11.5. The van der Waals surface area contributed by atoms with Gasteiger partial charge in [0, 0.05) is 25.3 Å². The zero-order chi connectivity index (χ0) is 18.2. The first-order valence-corrected chi connectivity index (χ1v) is 8.78. The van der Waals surface area contributed by atoms with Gasteiger partial charge in [-0.05, 0) is 43.2 Å². The average Bonchev–Trinajstić information content (AvgIpc) is 2.47. The summed E-state index contributed by atoms with van der Waals surface area (Å²) in [6.07, 6.45) is 1.94. The van der Waals surface area contributed by atoms with Crippen LogP contribution in [0.15, 0.2) is 18.2 Å².